The van der Waals surface area contributed by atoms with Crippen molar-refractivity contribution in [1.29, 1.82) is 0 Å². The average molecular weight is 354 g/mol. The Morgan fingerprint density at radius 1 is 1.12 bits per heavy atom. The van der Waals surface area contributed by atoms with Crippen molar-refractivity contribution in [3.8, 4) is 17.2 Å². The first-order valence-corrected chi connectivity index (χ1v) is 8.14. The summed E-state index contributed by atoms with van der Waals surface area (Å²) in [5.41, 5.74) is 1.67. The van der Waals surface area contributed by atoms with Gasteiger partial charge in [-0.15, -0.1) is 0 Å². The van der Waals surface area contributed by atoms with Crippen LogP contribution in [0.25, 0.3) is 12.2 Å². The van der Waals surface area contributed by atoms with E-state index in [0.29, 0.717) is 17.1 Å². The summed E-state index contributed by atoms with van der Waals surface area (Å²) in [6.07, 6.45) is 3.59. The number of ether oxygens (including phenoxy) is 4. The Bertz CT molecular complexity index is 869. The molecule has 2 aromatic rings. The Kier molecular flexibility index (Phi) is 5.22. The van der Waals surface area contributed by atoms with E-state index < -0.39 is 11.9 Å². The van der Waals surface area contributed by atoms with Crippen LogP contribution in [-0.4, -0.2) is 25.3 Å². The van der Waals surface area contributed by atoms with Gasteiger partial charge in [-0.05, 0) is 36.2 Å². The average Bonchev–Trinajstić information content (AvgIpc) is 3.07. The predicted octanol–water partition coefficient (Wildman–Crippen LogP) is 3.69. The Morgan fingerprint density at radius 2 is 1.92 bits per heavy atom. The lowest BCUT2D eigenvalue weighted by molar-refractivity contribution is -0.131. The van der Waals surface area contributed by atoms with Crippen LogP contribution in [0.1, 0.15) is 35.3 Å². The first kappa shape index (κ1) is 17.5. The highest BCUT2D eigenvalue weighted by molar-refractivity contribution is 5.98. The Morgan fingerprint density at radius 3 is 2.69 bits per heavy atom. The first-order chi connectivity index (χ1) is 12.6. The molecule has 2 aromatic carbocycles. The smallest absolute Gasteiger partial charge is 0.342 e. The maximum absolute atomic E-state index is 12.3. The van der Waals surface area contributed by atoms with Crippen molar-refractivity contribution in [2.24, 2.45) is 0 Å². The van der Waals surface area contributed by atoms with Crippen LogP contribution in [-0.2, 0) is 9.53 Å². The topological polar surface area (TPSA) is 71.1 Å². The number of hydrogen-bond donors (Lipinski definition) is 0. The number of carbonyl (C=O) groups is 2. The summed E-state index contributed by atoms with van der Waals surface area (Å²) in [4.78, 5) is 23.7. The minimum absolute atomic E-state index is 0.170. The summed E-state index contributed by atoms with van der Waals surface area (Å²) in [5, 5.41) is 0. The SMILES string of the molecule is CCOC(=O)c1c(/C=C/c2ccc3c(c2)OCO3)cccc1OC(C)=O. The van der Waals surface area contributed by atoms with Crippen LogP contribution in [0.4, 0.5) is 0 Å². The van der Waals surface area contributed by atoms with E-state index in [2.05, 4.69) is 0 Å². The van der Waals surface area contributed by atoms with Crippen LogP contribution in [0, 0.1) is 0 Å². The summed E-state index contributed by atoms with van der Waals surface area (Å²) in [6, 6.07) is 10.6. The lowest BCUT2D eigenvalue weighted by Gasteiger charge is -2.11. The van der Waals surface area contributed by atoms with Crippen molar-refractivity contribution in [2.45, 2.75) is 13.8 Å². The summed E-state index contributed by atoms with van der Waals surface area (Å²) in [6.45, 7) is 3.43. The summed E-state index contributed by atoms with van der Waals surface area (Å²) >= 11 is 0. The molecule has 0 aromatic heterocycles. The number of esters is 2. The molecule has 0 bridgehead atoms. The second-order valence-corrected chi connectivity index (χ2v) is 5.48. The largest absolute Gasteiger partial charge is 0.462 e. The molecule has 6 nitrogen and oxygen atoms in total. The molecule has 26 heavy (non-hydrogen) atoms. The van der Waals surface area contributed by atoms with E-state index in [-0.39, 0.29) is 24.7 Å². The van der Waals surface area contributed by atoms with Gasteiger partial charge in [0, 0.05) is 6.92 Å². The maximum atomic E-state index is 12.3. The third-order valence-corrected chi connectivity index (χ3v) is 3.64. The molecule has 6 heteroatoms. The van der Waals surface area contributed by atoms with Gasteiger partial charge in [0.2, 0.25) is 6.79 Å². The molecule has 1 heterocycles. The van der Waals surface area contributed by atoms with E-state index in [0.717, 1.165) is 5.56 Å². The molecule has 0 fully saturated rings. The van der Waals surface area contributed by atoms with Crippen LogP contribution < -0.4 is 14.2 Å². The van der Waals surface area contributed by atoms with Crippen LogP contribution in [0.5, 0.6) is 17.2 Å². The van der Waals surface area contributed by atoms with Gasteiger partial charge in [0.1, 0.15) is 11.3 Å². The molecule has 0 aliphatic carbocycles. The molecule has 0 atom stereocenters. The monoisotopic (exact) mass is 354 g/mol. The fraction of sp³-hybridized carbons (Fsp3) is 0.200. The van der Waals surface area contributed by atoms with E-state index in [1.165, 1.54) is 6.92 Å². The van der Waals surface area contributed by atoms with Gasteiger partial charge in [0.05, 0.1) is 6.61 Å². The maximum Gasteiger partial charge on any atom is 0.342 e. The predicted molar refractivity (Wildman–Crippen MR) is 95.2 cm³/mol. The number of benzene rings is 2. The third-order valence-electron chi connectivity index (χ3n) is 3.64. The highest BCUT2D eigenvalue weighted by Gasteiger charge is 2.19. The van der Waals surface area contributed by atoms with E-state index >= 15 is 0 Å². The molecule has 3 rings (SSSR count). The molecule has 0 unspecified atom stereocenters. The second-order valence-electron chi connectivity index (χ2n) is 5.48. The van der Waals surface area contributed by atoms with Gasteiger partial charge in [-0.3, -0.25) is 4.79 Å². The Balaban J connectivity index is 1.95. The summed E-state index contributed by atoms with van der Waals surface area (Å²) in [7, 11) is 0. The molecule has 1 aliphatic heterocycles. The Labute approximate surface area is 150 Å². The van der Waals surface area contributed by atoms with E-state index in [4.69, 9.17) is 18.9 Å². The highest BCUT2D eigenvalue weighted by Crippen LogP contribution is 2.33. The number of hydrogen-bond acceptors (Lipinski definition) is 6. The second kappa shape index (κ2) is 7.74. The van der Waals surface area contributed by atoms with Crippen LogP contribution in [0.3, 0.4) is 0 Å². The van der Waals surface area contributed by atoms with Gasteiger partial charge in [-0.2, -0.15) is 0 Å². The quantitative estimate of drug-likeness (QED) is 0.463. The van der Waals surface area contributed by atoms with Gasteiger partial charge in [0.25, 0.3) is 0 Å². The molecular formula is C20H18O6. The van der Waals surface area contributed by atoms with Crippen molar-refractivity contribution in [3.05, 3.63) is 53.1 Å². The van der Waals surface area contributed by atoms with Gasteiger partial charge in [0.15, 0.2) is 11.5 Å². The summed E-state index contributed by atoms with van der Waals surface area (Å²) < 4.78 is 20.9. The van der Waals surface area contributed by atoms with Gasteiger partial charge >= 0.3 is 11.9 Å². The molecule has 0 spiro atoms. The van der Waals surface area contributed by atoms with Crippen molar-refractivity contribution < 1.29 is 28.5 Å². The fourth-order valence-corrected chi connectivity index (χ4v) is 2.55. The minimum atomic E-state index is -0.547. The number of rotatable bonds is 5. The molecule has 0 saturated heterocycles. The molecule has 0 amide bonds. The highest BCUT2D eigenvalue weighted by atomic mass is 16.7. The van der Waals surface area contributed by atoms with Crippen molar-refractivity contribution in [3.63, 3.8) is 0 Å². The number of fused-ring (bicyclic) bond motifs is 1. The molecule has 0 N–H and O–H groups in total. The minimum Gasteiger partial charge on any atom is -0.462 e. The zero-order valence-electron chi connectivity index (χ0n) is 14.5. The summed E-state index contributed by atoms with van der Waals surface area (Å²) in [5.74, 6) is 0.489. The van der Waals surface area contributed by atoms with Crippen LogP contribution >= 0.6 is 0 Å². The first-order valence-electron chi connectivity index (χ1n) is 8.14. The zero-order valence-corrected chi connectivity index (χ0v) is 14.5. The Hall–Kier alpha value is -3.28. The van der Waals surface area contributed by atoms with Gasteiger partial charge in [-0.1, -0.05) is 30.4 Å². The lowest BCUT2D eigenvalue weighted by Crippen LogP contribution is -2.11. The molecule has 0 saturated carbocycles. The molecule has 0 radical (unpaired) electrons. The number of carbonyl (C=O) groups excluding carboxylic acids is 2. The molecular weight excluding hydrogens is 336 g/mol. The van der Waals surface area contributed by atoms with Gasteiger partial charge in [-0.25, -0.2) is 4.79 Å². The third kappa shape index (κ3) is 3.85. The standard InChI is InChI=1S/C20H18O6/c1-3-23-20(22)19-15(5-4-6-17(19)26-13(2)21)9-7-14-8-10-16-18(11-14)25-12-24-16/h4-11H,3,12H2,1-2H3/b9-7+. The van der Waals surface area contributed by atoms with E-state index in [1.807, 2.05) is 24.3 Å². The van der Waals surface area contributed by atoms with Crippen LogP contribution in [0.2, 0.25) is 0 Å². The van der Waals surface area contributed by atoms with Crippen LogP contribution in [0.15, 0.2) is 36.4 Å². The van der Waals surface area contributed by atoms with Crippen molar-refractivity contribution in [2.75, 3.05) is 13.4 Å². The molecule has 134 valence electrons. The fourth-order valence-electron chi connectivity index (χ4n) is 2.55. The lowest BCUT2D eigenvalue weighted by atomic mass is 10.0. The zero-order chi connectivity index (χ0) is 18.5. The molecule has 1 aliphatic rings. The van der Waals surface area contributed by atoms with Gasteiger partial charge < -0.3 is 18.9 Å². The van der Waals surface area contributed by atoms with Crippen molar-refractivity contribution in [1.82, 2.24) is 0 Å². The normalized spacial score (nSPS) is 12.2. The van der Waals surface area contributed by atoms with E-state index in [9.17, 15) is 9.59 Å². The van der Waals surface area contributed by atoms with E-state index in [1.54, 1.807) is 31.2 Å². The van der Waals surface area contributed by atoms with Crippen molar-refractivity contribution >= 4 is 24.1 Å².